The summed E-state index contributed by atoms with van der Waals surface area (Å²) in [4.78, 5) is 6.13. The van der Waals surface area contributed by atoms with Gasteiger partial charge in [0.25, 0.3) is 0 Å². The predicted octanol–water partition coefficient (Wildman–Crippen LogP) is 2.09. The van der Waals surface area contributed by atoms with Crippen LogP contribution in [0.25, 0.3) is 0 Å². The van der Waals surface area contributed by atoms with Gasteiger partial charge in [0.1, 0.15) is 5.82 Å². The molecule has 1 heterocycles. The number of hydrogen-bond acceptors (Lipinski definition) is 5. The molecule has 0 radical (unpaired) electrons. The largest absolute Gasteiger partial charge is 0.385 e. The van der Waals surface area contributed by atoms with Crippen molar-refractivity contribution in [3.63, 3.8) is 0 Å². The van der Waals surface area contributed by atoms with E-state index in [9.17, 15) is 12.8 Å². The molecule has 8 heteroatoms. The van der Waals surface area contributed by atoms with Gasteiger partial charge in [0.05, 0.1) is 11.9 Å². The molecule has 0 spiro atoms. The first-order valence-corrected chi connectivity index (χ1v) is 9.87. The molecule has 0 amide bonds. The zero-order valence-corrected chi connectivity index (χ0v) is 15.6. The van der Waals surface area contributed by atoms with Crippen LogP contribution in [-0.4, -0.2) is 49.9 Å². The van der Waals surface area contributed by atoms with Crippen LogP contribution in [0.15, 0.2) is 35.6 Å². The number of halogens is 1. The average Bonchev–Trinajstić information content (AvgIpc) is 2.93. The molecule has 0 N–H and O–H groups in total. The van der Waals surface area contributed by atoms with Gasteiger partial charge in [-0.2, -0.15) is 0 Å². The van der Waals surface area contributed by atoms with Crippen LogP contribution in [0.5, 0.6) is 0 Å². The SMILES string of the molecule is COCCCn1c(CN(C)Cc2ccc(F)cc2)cnc1S(C)(=O)=O. The Kier molecular flexibility index (Phi) is 6.69. The number of nitrogens with zero attached hydrogens (tertiary/aromatic N) is 3. The highest BCUT2D eigenvalue weighted by atomic mass is 32.2. The van der Waals surface area contributed by atoms with Gasteiger partial charge >= 0.3 is 0 Å². The zero-order chi connectivity index (χ0) is 18.4. The van der Waals surface area contributed by atoms with E-state index in [0.717, 1.165) is 17.5 Å². The van der Waals surface area contributed by atoms with Crippen LogP contribution < -0.4 is 0 Å². The summed E-state index contributed by atoms with van der Waals surface area (Å²) in [6.07, 6.45) is 3.46. The molecule has 0 unspecified atom stereocenters. The molecule has 0 aliphatic heterocycles. The van der Waals surface area contributed by atoms with E-state index in [1.165, 1.54) is 12.1 Å². The second-order valence-electron chi connectivity index (χ2n) is 6.10. The van der Waals surface area contributed by atoms with Crippen molar-refractivity contribution in [3.8, 4) is 0 Å². The summed E-state index contributed by atoms with van der Waals surface area (Å²) in [7, 11) is 0.142. The van der Waals surface area contributed by atoms with Crippen molar-refractivity contribution in [1.82, 2.24) is 14.5 Å². The molecule has 0 saturated heterocycles. The molecule has 2 rings (SSSR count). The Labute approximate surface area is 148 Å². The molecule has 0 bridgehead atoms. The first kappa shape index (κ1) is 19.6. The maximum atomic E-state index is 13.0. The van der Waals surface area contributed by atoms with E-state index in [-0.39, 0.29) is 11.0 Å². The smallest absolute Gasteiger partial charge is 0.227 e. The topological polar surface area (TPSA) is 64.4 Å². The maximum Gasteiger partial charge on any atom is 0.227 e. The number of rotatable bonds is 9. The van der Waals surface area contributed by atoms with Crippen LogP contribution in [-0.2, 0) is 34.2 Å². The normalized spacial score (nSPS) is 12.0. The number of methoxy groups -OCH3 is 1. The minimum atomic E-state index is -3.40. The lowest BCUT2D eigenvalue weighted by molar-refractivity contribution is 0.188. The minimum Gasteiger partial charge on any atom is -0.385 e. The van der Waals surface area contributed by atoms with Crippen molar-refractivity contribution in [2.24, 2.45) is 0 Å². The molecule has 0 aliphatic carbocycles. The van der Waals surface area contributed by atoms with E-state index in [1.807, 2.05) is 11.9 Å². The molecule has 0 fully saturated rings. The summed E-state index contributed by atoms with van der Waals surface area (Å²) in [6.45, 7) is 2.23. The summed E-state index contributed by atoms with van der Waals surface area (Å²) in [6, 6.07) is 6.34. The Bertz CT molecular complexity index is 788. The van der Waals surface area contributed by atoms with Crippen molar-refractivity contribution in [3.05, 3.63) is 47.5 Å². The van der Waals surface area contributed by atoms with Gasteiger partial charge in [-0.15, -0.1) is 0 Å². The highest BCUT2D eigenvalue weighted by molar-refractivity contribution is 7.90. The van der Waals surface area contributed by atoms with Crippen molar-refractivity contribution < 1.29 is 17.5 Å². The second kappa shape index (κ2) is 8.55. The summed E-state index contributed by atoms with van der Waals surface area (Å²) in [5, 5.41) is 0.0776. The average molecular weight is 369 g/mol. The Morgan fingerprint density at radius 1 is 1.24 bits per heavy atom. The van der Waals surface area contributed by atoms with Gasteiger partial charge in [0, 0.05) is 39.6 Å². The number of hydrogen-bond donors (Lipinski definition) is 0. The van der Waals surface area contributed by atoms with Gasteiger partial charge in [-0.1, -0.05) is 12.1 Å². The molecule has 2 aromatic rings. The van der Waals surface area contributed by atoms with Gasteiger partial charge in [-0.25, -0.2) is 17.8 Å². The van der Waals surface area contributed by atoms with E-state index in [4.69, 9.17) is 4.74 Å². The molecule has 0 atom stereocenters. The highest BCUT2D eigenvalue weighted by Crippen LogP contribution is 2.15. The number of sulfone groups is 1. The van der Waals surface area contributed by atoms with Gasteiger partial charge in [-0.3, -0.25) is 4.90 Å². The van der Waals surface area contributed by atoms with Crippen LogP contribution in [0.1, 0.15) is 17.7 Å². The van der Waals surface area contributed by atoms with E-state index >= 15 is 0 Å². The second-order valence-corrected chi connectivity index (χ2v) is 8.01. The molecule has 25 heavy (non-hydrogen) atoms. The molecule has 0 aliphatic rings. The van der Waals surface area contributed by atoms with Crippen LogP contribution in [0.4, 0.5) is 4.39 Å². The first-order chi connectivity index (χ1) is 11.8. The third-order valence-corrected chi connectivity index (χ3v) is 4.75. The van der Waals surface area contributed by atoms with Gasteiger partial charge in [-0.05, 0) is 31.2 Å². The standard InChI is InChI=1S/C17H24FN3O3S/c1-20(12-14-5-7-15(18)8-6-14)13-16-11-19-17(25(3,22)23)21(16)9-4-10-24-2/h5-8,11H,4,9-10,12-13H2,1-3H3. The number of benzene rings is 1. The van der Waals surface area contributed by atoms with Crippen molar-refractivity contribution in [2.45, 2.75) is 31.2 Å². The molecule has 1 aromatic carbocycles. The molecule has 138 valence electrons. The Morgan fingerprint density at radius 2 is 1.92 bits per heavy atom. The molecular formula is C17H24FN3O3S. The summed E-state index contributed by atoms with van der Waals surface area (Å²) in [5.74, 6) is -0.264. The van der Waals surface area contributed by atoms with Crippen molar-refractivity contribution >= 4 is 9.84 Å². The van der Waals surface area contributed by atoms with E-state index in [2.05, 4.69) is 4.98 Å². The minimum absolute atomic E-state index is 0.0776. The fourth-order valence-electron chi connectivity index (χ4n) is 2.65. The van der Waals surface area contributed by atoms with Crippen LogP contribution in [0.2, 0.25) is 0 Å². The van der Waals surface area contributed by atoms with Gasteiger partial charge in [0.15, 0.2) is 0 Å². The number of aromatic nitrogens is 2. The van der Waals surface area contributed by atoms with E-state index in [1.54, 1.807) is 30.0 Å². The maximum absolute atomic E-state index is 13.0. The number of ether oxygens (including phenoxy) is 1. The Hall–Kier alpha value is -1.77. The summed E-state index contributed by atoms with van der Waals surface area (Å²) in [5.41, 5.74) is 1.80. The quantitative estimate of drug-likeness (QED) is 0.634. The van der Waals surface area contributed by atoms with Crippen molar-refractivity contribution in [1.29, 1.82) is 0 Å². The first-order valence-electron chi connectivity index (χ1n) is 7.97. The van der Waals surface area contributed by atoms with Crippen LogP contribution >= 0.6 is 0 Å². The monoisotopic (exact) mass is 369 g/mol. The fourth-order valence-corrected chi connectivity index (χ4v) is 3.51. The third kappa shape index (κ3) is 5.62. The molecular weight excluding hydrogens is 345 g/mol. The van der Waals surface area contributed by atoms with Gasteiger partial charge in [0.2, 0.25) is 15.0 Å². The van der Waals surface area contributed by atoms with E-state index in [0.29, 0.717) is 32.7 Å². The fraction of sp³-hybridized carbons (Fsp3) is 0.471. The van der Waals surface area contributed by atoms with Crippen molar-refractivity contribution in [2.75, 3.05) is 27.0 Å². The molecule has 1 aromatic heterocycles. The predicted molar refractivity (Wildman–Crippen MR) is 93.4 cm³/mol. The van der Waals surface area contributed by atoms with Crippen LogP contribution in [0, 0.1) is 5.82 Å². The van der Waals surface area contributed by atoms with E-state index < -0.39 is 9.84 Å². The Balaban J connectivity index is 2.14. The lowest BCUT2D eigenvalue weighted by atomic mass is 10.2. The lowest BCUT2D eigenvalue weighted by Crippen LogP contribution is -2.21. The number of imidazole rings is 1. The molecule has 6 nitrogen and oxygen atoms in total. The highest BCUT2D eigenvalue weighted by Gasteiger charge is 2.19. The third-order valence-electron chi connectivity index (χ3n) is 3.76. The molecule has 0 saturated carbocycles. The van der Waals surface area contributed by atoms with Crippen LogP contribution in [0.3, 0.4) is 0 Å². The van der Waals surface area contributed by atoms with Gasteiger partial charge < -0.3 is 9.30 Å². The zero-order valence-electron chi connectivity index (χ0n) is 14.8. The Morgan fingerprint density at radius 3 is 2.52 bits per heavy atom. The summed E-state index contributed by atoms with van der Waals surface area (Å²) >= 11 is 0. The lowest BCUT2D eigenvalue weighted by Gasteiger charge is -2.18. The summed E-state index contributed by atoms with van der Waals surface area (Å²) < 4.78 is 43.7.